The van der Waals surface area contributed by atoms with Crippen LogP contribution in [-0.4, -0.2) is 31.2 Å². The normalized spacial score (nSPS) is 17.8. The van der Waals surface area contributed by atoms with E-state index in [2.05, 4.69) is 4.52 Å². The largest absolute Gasteiger partial charge is 0.343 e. The van der Waals surface area contributed by atoms with Crippen LogP contribution in [0.4, 0.5) is 0 Å². The Labute approximate surface area is 72.2 Å². The highest BCUT2D eigenvalue weighted by Gasteiger charge is 2.26. The molecule has 0 aromatic heterocycles. The fourth-order valence-electron chi connectivity index (χ4n) is 0.656. The molecule has 7 heteroatoms. The average Bonchev–Trinajstić information content (AvgIpc) is 1.48. The maximum Gasteiger partial charge on any atom is 0.343 e. The molecule has 74 valence electrons. The fourth-order valence-corrected chi connectivity index (χ4v) is 3.93. The third kappa shape index (κ3) is 6.79. The molecule has 12 heavy (non-hydrogen) atoms. The van der Waals surface area contributed by atoms with Crippen LogP contribution in [0.2, 0.25) is 0 Å². The van der Waals surface area contributed by atoms with Gasteiger partial charge in [0.1, 0.15) is 0 Å². The van der Waals surface area contributed by atoms with Crippen molar-refractivity contribution in [3.05, 3.63) is 0 Å². The lowest BCUT2D eigenvalue weighted by atomic mass is 10.5. The van der Waals surface area contributed by atoms with Gasteiger partial charge in [-0.1, -0.05) is 0 Å². The van der Waals surface area contributed by atoms with Crippen LogP contribution in [0.25, 0.3) is 0 Å². The lowest BCUT2D eigenvalue weighted by molar-refractivity contribution is 0.207. The molecule has 0 bridgehead atoms. The molecular weight excluding hydrogens is 203 g/mol. The zero-order valence-corrected chi connectivity index (χ0v) is 8.93. The molecule has 0 saturated carbocycles. The minimum atomic E-state index is -3.96. The SMILES string of the molecule is CC(C)OP(=O)(O)CS(C)(=O)=O. The number of sulfone groups is 1. The molecule has 0 amide bonds. The Balaban J connectivity index is 4.35. The maximum atomic E-state index is 11.0. The molecule has 0 aromatic carbocycles. The summed E-state index contributed by atoms with van der Waals surface area (Å²) < 4.78 is 36.8. The lowest BCUT2D eigenvalue weighted by Crippen LogP contribution is -2.09. The van der Waals surface area contributed by atoms with Gasteiger partial charge in [-0.05, 0) is 13.8 Å². The molecule has 1 N–H and O–H groups in total. The van der Waals surface area contributed by atoms with Gasteiger partial charge in [0.25, 0.3) is 0 Å². The standard InChI is InChI=1S/C5H13O5PS/c1-5(2)10-11(6,7)4-12(3,8)9/h5H,4H2,1-3H3,(H,6,7). The van der Waals surface area contributed by atoms with Crippen molar-refractivity contribution in [2.45, 2.75) is 20.0 Å². The summed E-state index contributed by atoms with van der Waals surface area (Å²) in [7, 11) is -7.42. The molecule has 0 aromatic rings. The third-order valence-corrected chi connectivity index (χ3v) is 4.71. The first-order chi connectivity index (χ1) is 5.12. The van der Waals surface area contributed by atoms with E-state index < -0.39 is 29.0 Å². The fraction of sp³-hybridized carbons (Fsp3) is 1.00. The van der Waals surface area contributed by atoms with E-state index >= 15 is 0 Å². The zero-order valence-electron chi connectivity index (χ0n) is 7.22. The Morgan fingerprint density at radius 1 is 1.50 bits per heavy atom. The highest BCUT2D eigenvalue weighted by molar-refractivity contribution is 7.96. The lowest BCUT2D eigenvalue weighted by Gasteiger charge is -2.13. The van der Waals surface area contributed by atoms with Gasteiger partial charge in [0.2, 0.25) is 0 Å². The van der Waals surface area contributed by atoms with Crippen LogP contribution in [0.1, 0.15) is 13.8 Å². The van der Waals surface area contributed by atoms with Crippen LogP contribution < -0.4 is 0 Å². The van der Waals surface area contributed by atoms with Crippen molar-refractivity contribution in [1.82, 2.24) is 0 Å². The summed E-state index contributed by atoms with van der Waals surface area (Å²) in [5, 5.41) is 0. The summed E-state index contributed by atoms with van der Waals surface area (Å²) >= 11 is 0. The van der Waals surface area contributed by atoms with Gasteiger partial charge in [0.15, 0.2) is 15.3 Å². The van der Waals surface area contributed by atoms with Crippen LogP contribution in [0.15, 0.2) is 0 Å². The molecule has 0 aliphatic heterocycles. The minimum Gasteiger partial charge on any atom is -0.324 e. The third-order valence-electron chi connectivity index (χ3n) is 0.773. The Kier molecular flexibility index (Phi) is 3.90. The van der Waals surface area contributed by atoms with Crippen molar-refractivity contribution in [2.24, 2.45) is 0 Å². The second-order valence-electron chi connectivity index (χ2n) is 2.85. The molecule has 0 fully saturated rings. The van der Waals surface area contributed by atoms with Gasteiger partial charge in [-0.2, -0.15) is 0 Å². The molecule has 5 nitrogen and oxygen atoms in total. The monoisotopic (exact) mass is 216 g/mol. The van der Waals surface area contributed by atoms with E-state index in [0.29, 0.717) is 0 Å². The molecule has 0 aliphatic carbocycles. The summed E-state index contributed by atoms with van der Waals surface area (Å²) in [6.45, 7) is 3.12. The van der Waals surface area contributed by atoms with E-state index in [1.807, 2.05) is 0 Å². The van der Waals surface area contributed by atoms with Crippen LogP contribution in [0, 0.1) is 0 Å². The molecule has 1 unspecified atom stereocenters. The number of rotatable bonds is 4. The average molecular weight is 216 g/mol. The van der Waals surface area contributed by atoms with Gasteiger partial charge < -0.3 is 9.42 Å². The van der Waals surface area contributed by atoms with Gasteiger partial charge in [-0.3, -0.25) is 4.57 Å². The van der Waals surface area contributed by atoms with E-state index in [-0.39, 0.29) is 0 Å². The van der Waals surface area contributed by atoms with E-state index in [1.165, 1.54) is 0 Å². The predicted molar refractivity (Wildman–Crippen MR) is 45.8 cm³/mol. The molecule has 0 heterocycles. The first-order valence-corrected chi connectivity index (χ1v) is 7.13. The highest BCUT2D eigenvalue weighted by Crippen LogP contribution is 2.44. The van der Waals surface area contributed by atoms with E-state index in [1.54, 1.807) is 13.8 Å². The molecule has 0 radical (unpaired) electrons. The first-order valence-electron chi connectivity index (χ1n) is 3.30. The van der Waals surface area contributed by atoms with E-state index in [4.69, 9.17) is 4.89 Å². The molecule has 0 spiro atoms. The molecule has 0 aliphatic rings. The van der Waals surface area contributed by atoms with Crippen LogP contribution >= 0.6 is 7.60 Å². The van der Waals surface area contributed by atoms with E-state index in [0.717, 1.165) is 6.26 Å². The summed E-state index contributed by atoms with van der Waals surface area (Å²) in [6, 6.07) is 0. The Morgan fingerprint density at radius 3 is 2.17 bits per heavy atom. The van der Waals surface area contributed by atoms with Gasteiger partial charge >= 0.3 is 7.60 Å². The van der Waals surface area contributed by atoms with Crippen LogP contribution in [0.3, 0.4) is 0 Å². The quantitative estimate of drug-likeness (QED) is 0.696. The highest BCUT2D eigenvalue weighted by atomic mass is 32.2. The topological polar surface area (TPSA) is 80.7 Å². The number of hydrogen-bond donors (Lipinski definition) is 1. The van der Waals surface area contributed by atoms with Gasteiger partial charge in [0, 0.05) is 6.26 Å². The molecule has 0 rings (SSSR count). The minimum absolute atomic E-state index is 0.456. The molecule has 1 atom stereocenters. The Bertz CT molecular complexity index is 280. The Hall–Kier alpha value is 0.100. The zero-order chi connectivity index (χ0) is 9.99. The van der Waals surface area contributed by atoms with E-state index in [9.17, 15) is 13.0 Å². The molecule has 0 saturated heterocycles. The maximum absolute atomic E-state index is 11.0. The number of hydrogen-bond acceptors (Lipinski definition) is 4. The van der Waals surface area contributed by atoms with Crippen molar-refractivity contribution in [3.63, 3.8) is 0 Å². The Morgan fingerprint density at radius 2 is 1.92 bits per heavy atom. The van der Waals surface area contributed by atoms with Gasteiger partial charge in [-0.15, -0.1) is 0 Å². The van der Waals surface area contributed by atoms with Crippen LogP contribution in [0.5, 0.6) is 0 Å². The van der Waals surface area contributed by atoms with Crippen molar-refractivity contribution >= 4 is 17.4 Å². The van der Waals surface area contributed by atoms with Gasteiger partial charge in [0.05, 0.1) is 6.10 Å². The van der Waals surface area contributed by atoms with Crippen molar-refractivity contribution in [3.8, 4) is 0 Å². The summed E-state index contributed by atoms with van der Waals surface area (Å²) in [5.41, 5.74) is -0.821. The second kappa shape index (κ2) is 3.87. The van der Waals surface area contributed by atoms with Crippen molar-refractivity contribution in [1.29, 1.82) is 0 Å². The van der Waals surface area contributed by atoms with Crippen LogP contribution in [-0.2, 0) is 18.9 Å². The first kappa shape index (κ1) is 12.1. The van der Waals surface area contributed by atoms with Crippen molar-refractivity contribution < 1.29 is 22.4 Å². The summed E-state index contributed by atoms with van der Waals surface area (Å²) in [4.78, 5) is 8.97. The predicted octanol–water partition coefficient (Wildman–Crippen LogP) is 0.599. The summed E-state index contributed by atoms with van der Waals surface area (Å²) in [6.07, 6.45) is 0.433. The summed E-state index contributed by atoms with van der Waals surface area (Å²) in [5.74, 6) is 0. The smallest absolute Gasteiger partial charge is 0.324 e. The molecular formula is C5H13O5PS. The van der Waals surface area contributed by atoms with Gasteiger partial charge in [-0.25, -0.2) is 8.42 Å². The van der Waals surface area contributed by atoms with Crippen molar-refractivity contribution in [2.75, 3.05) is 11.7 Å². The second-order valence-corrected chi connectivity index (χ2v) is 7.22.